The smallest absolute Gasteiger partial charge is 0.163 e. The Morgan fingerprint density at radius 3 is 2.78 bits per heavy atom. The van der Waals surface area contributed by atoms with E-state index in [0.717, 1.165) is 28.5 Å². The van der Waals surface area contributed by atoms with Gasteiger partial charge in [0, 0.05) is 37.2 Å². The van der Waals surface area contributed by atoms with Gasteiger partial charge in [-0.15, -0.1) is 24.3 Å². The first-order valence-corrected chi connectivity index (χ1v) is 5.77. The zero-order valence-electron chi connectivity index (χ0n) is 10.9. The van der Waals surface area contributed by atoms with Crippen LogP contribution in [0.5, 0.6) is 5.75 Å². The fourth-order valence-corrected chi connectivity index (χ4v) is 2.43. The maximum absolute atomic E-state index is 6.03. The molecule has 0 N–H and O–H groups in total. The Balaban J connectivity index is 0.00000120. The minimum Gasteiger partial charge on any atom is -0.515 e. The van der Waals surface area contributed by atoms with E-state index in [2.05, 4.69) is 36.4 Å². The van der Waals surface area contributed by atoms with Gasteiger partial charge in [-0.1, -0.05) is 5.56 Å². The van der Waals surface area contributed by atoms with Gasteiger partial charge in [0.05, 0.1) is 5.82 Å². The minimum absolute atomic E-state index is 0. The molecule has 18 heavy (non-hydrogen) atoms. The number of aryl methyl sites for hydroxylation is 1. The summed E-state index contributed by atoms with van der Waals surface area (Å²) in [6.07, 6.45) is 0. The Morgan fingerprint density at radius 1 is 1.33 bits per heavy atom. The molecule has 0 fully saturated rings. The molecule has 3 rings (SSSR count). The van der Waals surface area contributed by atoms with Crippen molar-refractivity contribution < 1.29 is 24.8 Å². The van der Waals surface area contributed by atoms with Gasteiger partial charge in [0.25, 0.3) is 0 Å². The molecule has 3 nitrogen and oxygen atoms in total. The number of hydrogen-bond acceptors (Lipinski definition) is 2. The first-order valence-electron chi connectivity index (χ1n) is 5.77. The van der Waals surface area contributed by atoms with E-state index in [1.54, 1.807) is 0 Å². The van der Waals surface area contributed by atoms with Crippen LogP contribution in [0.1, 0.15) is 25.2 Å². The van der Waals surface area contributed by atoms with Crippen LogP contribution in [0.4, 0.5) is 0 Å². The zero-order chi connectivity index (χ0) is 12.2. The van der Waals surface area contributed by atoms with Crippen LogP contribution < -0.4 is 4.74 Å². The summed E-state index contributed by atoms with van der Waals surface area (Å²) < 4.78 is 8.17. The SMILES string of the molecule is Cc1nc2n(c1C)C(C)(C)Oc1ccc[c-]c1-2.[Ir]. The molecule has 0 bridgehead atoms. The average molecular weight is 420 g/mol. The molecule has 1 aromatic carbocycles. The molecule has 0 atom stereocenters. The normalized spacial score (nSPS) is 15.1. The number of hydrogen-bond donors (Lipinski definition) is 0. The van der Waals surface area contributed by atoms with Gasteiger partial charge < -0.3 is 9.30 Å². The number of aromatic nitrogens is 2. The van der Waals surface area contributed by atoms with Crippen LogP contribution in [-0.4, -0.2) is 9.55 Å². The Labute approximate surface area is 121 Å². The molecule has 2 aromatic rings. The third-order valence-corrected chi connectivity index (χ3v) is 3.28. The Morgan fingerprint density at radius 2 is 2.06 bits per heavy atom. The van der Waals surface area contributed by atoms with Gasteiger partial charge in [-0.2, -0.15) is 0 Å². The Hall–Kier alpha value is -1.12. The fourth-order valence-electron chi connectivity index (χ4n) is 2.43. The van der Waals surface area contributed by atoms with Gasteiger partial charge in [-0.3, -0.25) is 4.98 Å². The molecule has 0 unspecified atom stereocenters. The predicted octanol–water partition coefficient (Wildman–Crippen LogP) is 3.05. The van der Waals surface area contributed by atoms with Crippen LogP contribution in [0.3, 0.4) is 0 Å². The van der Waals surface area contributed by atoms with E-state index in [9.17, 15) is 0 Å². The molecule has 97 valence electrons. The van der Waals surface area contributed by atoms with E-state index in [4.69, 9.17) is 4.74 Å². The predicted molar refractivity (Wildman–Crippen MR) is 65.9 cm³/mol. The number of ether oxygens (including phenoxy) is 1. The van der Waals surface area contributed by atoms with Crippen molar-refractivity contribution in [1.82, 2.24) is 9.55 Å². The molecule has 4 heteroatoms. The molecule has 1 aliphatic heterocycles. The summed E-state index contributed by atoms with van der Waals surface area (Å²) in [4.78, 5) is 4.64. The van der Waals surface area contributed by atoms with Crippen LogP contribution in [0.2, 0.25) is 0 Å². The van der Waals surface area contributed by atoms with Gasteiger partial charge in [0.2, 0.25) is 0 Å². The number of imidazole rings is 1. The second-order valence-corrected chi connectivity index (χ2v) is 4.90. The van der Waals surface area contributed by atoms with Crippen molar-refractivity contribution in [2.24, 2.45) is 0 Å². The third kappa shape index (κ3) is 1.72. The maximum atomic E-state index is 6.03. The monoisotopic (exact) mass is 420 g/mol. The first-order chi connectivity index (χ1) is 8.00. The summed E-state index contributed by atoms with van der Waals surface area (Å²) in [6.45, 7) is 8.21. The number of fused-ring (bicyclic) bond motifs is 3. The molecule has 0 saturated carbocycles. The Bertz CT molecular complexity index is 602. The second kappa shape index (κ2) is 4.22. The molecular weight excluding hydrogens is 404 g/mol. The number of benzene rings is 1. The molecule has 0 spiro atoms. The summed E-state index contributed by atoms with van der Waals surface area (Å²) in [7, 11) is 0. The number of nitrogens with zero attached hydrogens (tertiary/aromatic N) is 2. The van der Waals surface area contributed by atoms with Gasteiger partial charge in [-0.05, 0) is 27.7 Å². The maximum Gasteiger partial charge on any atom is 0.163 e. The van der Waals surface area contributed by atoms with Crippen LogP contribution in [-0.2, 0) is 25.8 Å². The van der Waals surface area contributed by atoms with Gasteiger partial charge in [-0.25, -0.2) is 0 Å². The van der Waals surface area contributed by atoms with Gasteiger partial charge >= 0.3 is 0 Å². The molecule has 1 aromatic heterocycles. The van der Waals surface area contributed by atoms with E-state index in [1.165, 1.54) is 0 Å². The molecule has 0 amide bonds. The van der Waals surface area contributed by atoms with E-state index in [-0.39, 0.29) is 20.1 Å². The molecule has 1 aliphatic rings. The van der Waals surface area contributed by atoms with Crippen molar-refractivity contribution in [2.75, 3.05) is 0 Å². The summed E-state index contributed by atoms with van der Waals surface area (Å²) >= 11 is 0. The topological polar surface area (TPSA) is 27.1 Å². The van der Waals surface area contributed by atoms with Crippen molar-refractivity contribution in [3.63, 3.8) is 0 Å². The summed E-state index contributed by atoms with van der Waals surface area (Å²) in [5, 5.41) is 0. The largest absolute Gasteiger partial charge is 0.515 e. The van der Waals surface area contributed by atoms with Gasteiger partial charge in [0.1, 0.15) is 0 Å². The van der Waals surface area contributed by atoms with Crippen molar-refractivity contribution in [3.05, 3.63) is 35.7 Å². The molecule has 1 radical (unpaired) electrons. The standard InChI is InChI=1S/C14H15N2O.Ir/c1-9-10(2)16-13(15-9)11-7-5-6-8-12(11)17-14(16,3)4;/h5-6,8H,1-4H3;/q-1;. The summed E-state index contributed by atoms with van der Waals surface area (Å²) in [5.74, 6) is 1.81. The average Bonchev–Trinajstić information content (AvgIpc) is 2.56. The molecule has 2 heterocycles. The number of rotatable bonds is 0. The van der Waals surface area contributed by atoms with Crippen LogP contribution in [0.25, 0.3) is 11.4 Å². The molecule has 0 saturated heterocycles. The Kier molecular flexibility index (Phi) is 3.12. The zero-order valence-corrected chi connectivity index (χ0v) is 13.3. The minimum atomic E-state index is -0.400. The van der Waals surface area contributed by atoms with Gasteiger partial charge in [0.15, 0.2) is 5.72 Å². The quantitative estimate of drug-likeness (QED) is 0.614. The molecular formula is C14H15IrN2O-. The third-order valence-electron chi connectivity index (χ3n) is 3.28. The van der Waals surface area contributed by atoms with Crippen molar-refractivity contribution in [2.45, 2.75) is 33.4 Å². The van der Waals surface area contributed by atoms with E-state index in [1.807, 2.05) is 25.1 Å². The van der Waals surface area contributed by atoms with E-state index in [0.29, 0.717) is 0 Å². The second-order valence-electron chi connectivity index (χ2n) is 4.90. The van der Waals surface area contributed by atoms with Crippen LogP contribution >= 0.6 is 0 Å². The van der Waals surface area contributed by atoms with Crippen LogP contribution in [0, 0.1) is 19.9 Å². The fraction of sp³-hybridized carbons (Fsp3) is 0.357. The van der Waals surface area contributed by atoms with Crippen molar-refractivity contribution >= 4 is 0 Å². The van der Waals surface area contributed by atoms with Crippen LogP contribution in [0.15, 0.2) is 18.2 Å². The summed E-state index contributed by atoms with van der Waals surface area (Å²) in [6, 6.07) is 9.01. The van der Waals surface area contributed by atoms with Crippen molar-refractivity contribution in [3.8, 4) is 17.1 Å². The first kappa shape index (κ1) is 13.3. The van der Waals surface area contributed by atoms with E-state index >= 15 is 0 Å². The summed E-state index contributed by atoms with van der Waals surface area (Å²) in [5.41, 5.74) is 2.74. The molecule has 0 aliphatic carbocycles. The van der Waals surface area contributed by atoms with E-state index < -0.39 is 5.72 Å². The van der Waals surface area contributed by atoms with Crippen molar-refractivity contribution in [1.29, 1.82) is 0 Å².